The molecule has 0 saturated heterocycles. The summed E-state index contributed by atoms with van der Waals surface area (Å²) < 4.78 is 2.13. The molecular weight excluding hydrogens is 208 g/mol. The van der Waals surface area contributed by atoms with Gasteiger partial charge in [0.25, 0.3) is 0 Å². The van der Waals surface area contributed by atoms with Crippen molar-refractivity contribution in [1.82, 2.24) is 0 Å². The minimum atomic E-state index is 1.06. The van der Waals surface area contributed by atoms with E-state index in [-0.39, 0.29) is 0 Å². The highest BCUT2D eigenvalue weighted by Crippen LogP contribution is 2.40. The summed E-state index contributed by atoms with van der Waals surface area (Å²) in [6.45, 7) is 0. The highest BCUT2D eigenvalue weighted by molar-refractivity contribution is 8.32. The number of rotatable bonds is 0. The number of thioether (sulfide) groups is 3. The van der Waals surface area contributed by atoms with Gasteiger partial charge in [0.05, 0.1) is 8.47 Å². The van der Waals surface area contributed by atoms with Crippen LogP contribution in [0, 0.1) is 0 Å². The molecule has 0 aromatic heterocycles. The largest absolute Gasteiger partial charge is 0.139 e. The second-order valence-electron chi connectivity index (χ2n) is 1.34. The average molecular weight is 214 g/mol. The molecule has 0 atom stereocenters. The second-order valence-corrected chi connectivity index (χ2v) is 6.53. The van der Waals surface area contributed by atoms with Gasteiger partial charge >= 0.3 is 0 Å². The highest BCUT2D eigenvalue weighted by atomic mass is 32.3. The maximum Gasteiger partial charge on any atom is 0.0577 e. The Morgan fingerprint density at radius 1 is 1.00 bits per heavy atom. The quantitative estimate of drug-likeness (QED) is 0.595. The Bertz CT molecular complexity index is 115. The van der Waals surface area contributed by atoms with E-state index in [1.54, 1.807) is 23.5 Å². The zero-order valence-electron chi connectivity index (χ0n) is 4.53. The fourth-order valence-electron chi connectivity index (χ4n) is 0.352. The second kappa shape index (κ2) is 4.38. The van der Waals surface area contributed by atoms with Crippen LogP contribution < -0.4 is 0 Å². The predicted molar refractivity (Wildman–Crippen MR) is 57.5 cm³/mol. The first-order valence-corrected chi connectivity index (χ1v) is 6.28. The van der Waals surface area contributed by atoms with Crippen LogP contribution in [0.4, 0.5) is 0 Å². The Balaban J connectivity index is 2.55. The maximum absolute atomic E-state index is 4.26. The molecule has 0 nitrogen and oxygen atoms in total. The zero-order chi connectivity index (χ0) is 6.69. The molecule has 0 fully saturated rings. The van der Waals surface area contributed by atoms with Crippen LogP contribution in [-0.4, -0.2) is 10.2 Å². The van der Waals surface area contributed by atoms with Gasteiger partial charge in [-0.25, -0.2) is 0 Å². The van der Waals surface area contributed by atoms with Gasteiger partial charge in [-0.2, -0.15) is 0 Å². The first-order chi connectivity index (χ1) is 4.30. The van der Waals surface area contributed by atoms with Gasteiger partial charge in [-0.15, -0.1) is 60.5 Å². The zero-order valence-corrected chi connectivity index (χ0v) is 8.77. The normalized spacial score (nSPS) is 22.0. The first kappa shape index (κ1) is 8.59. The van der Waals surface area contributed by atoms with Gasteiger partial charge in [0.1, 0.15) is 0 Å². The Morgan fingerprint density at radius 3 is 1.89 bits per heavy atom. The topological polar surface area (TPSA) is 0 Å². The maximum atomic E-state index is 4.26. The average Bonchev–Trinajstić information content (AvgIpc) is 1.99. The summed E-state index contributed by atoms with van der Waals surface area (Å²) in [5, 5.41) is 2.21. The van der Waals surface area contributed by atoms with E-state index in [4.69, 9.17) is 0 Å². The van der Waals surface area contributed by atoms with E-state index >= 15 is 0 Å². The summed E-state index contributed by atoms with van der Waals surface area (Å²) >= 11 is 13.9. The SMILES string of the molecule is SC1=C(S)SCSCS1. The summed E-state index contributed by atoms with van der Waals surface area (Å²) in [7, 11) is 0. The van der Waals surface area contributed by atoms with Crippen LogP contribution in [0.15, 0.2) is 8.47 Å². The van der Waals surface area contributed by atoms with Crippen molar-refractivity contribution in [3.63, 3.8) is 0 Å². The lowest BCUT2D eigenvalue weighted by Crippen LogP contribution is -1.63. The van der Waals surface area contributed by atoms with Crippen LogP contribution in [0.25, 0.3) is 0 Å². The fraction of sp³-hybridized carbons (Fsp3) is 0.500. The molecule has 0 amide bonds. The van der Waals surface area contributed by atoms with Crippen LogP contribution in [0.2, 0.25) is 0 Å². The molecule has 0 unspecified atom stereocenters. The van der Waals surface area contributed by atoms with Gasteiger partial charge in [-0.3, -0.25) is 0 Å². The first-order valence-electron chi connectivity index (χ1n) is 2.26. The van der Waals surface area contributed by atoms with E-state index in [1.807, 2.05) is 11.8 Å². The van der Waals surface area contributed by atoms with Crippen molar-refractivity contribution >= 4 is 60.5 Å². The molecule has 0 aromatic rings. The molecule has 5 heteroatoms. The lowest BCUT2D eigenvalue weighted by molar-refractivity contribution is 2.18. The Kier molecular flexibility index (Phi) is 4.18. The number of thiol groups is 2. The molecule has 0 saturated carbocycles. The molecule has 0 spiro atoms. The molecule has 1 rings (SSSR count). The molecule has 1 aliphatic rings. The Labute approximate surface area is 78.8 Å². The molecule has 0 N–H and O–H groups in total. The van der Waals surface area contributed by atoms with Crippen molar-refractivity contribution in [1.29, 1.82) is 0 Å². The van der Waals surface area contributed by atoms with Crippen molar-refractivity contribution in [2.45, 2.75) is 0 Å². The fourth-order valence-corrected chi connectivity index (χ4v) is 4.73. The van der Waals surface area contributed by atoms with Crippen molar-refractivity contribution in [3.8, 4) is 0 Å². The summed E-state index contributed by atoms with van der Waals surface area (Å²) in [5.74, 6) is 0. The molecule has 52 valence electrons. The monoisotopic (exact) mass is 214 g/mol. The molecule has 1 aliphatic heterocycles. The summed E-state index contributed by atoms with van der Waals surface area (Å²) in [5.41, 5.74) is 0. The summed E-state index contributed by atoms with van der Waals surface area (Å²) in [6, 6.07) is 0. The smallest absolute Gasteiger partial charge is 0.0577 e. The minimum Gasteiger partial charge on any atom is -0.139 e. The third-order valence-electron chi connectivity index (χ3n) is 0.741. The van der Waals surface area contributed by atoms with Gasteiger partial charge in [0, 0.05) is 10.2 Å². The third kappa shape index (κ3) is 2.93. The molecule has 0 aromatic carbocycles. The minimum absolute atomic E-state index is 1.06. The molecule has 9 heavy (non-hydrogen) atoms. The van der Waals surface area contributed by atoms with Crippen molar-refractivity contribution in [2.75, 3.05) is 10.2 Å². The summed E-state index contributed by atoms with van der Waals surface area (Å²) in [6.07, 6.45) is 0. The van der Waals surface area contributed by atoms with Crippen molar-refractivity contribution in [2.24, 2.45) is 0 Å². The van der Waals surface area contributed by atoms with Crippen molar-refractivity contribution < 1.29 is 0 Å². The van der Waals surface area contributed by atoms with E-state index in [0.717, 1.165) is 18.6 Å². The summed E-state index contributed by atoms with van der Waals surface area (Å²) in [4.78, 5) is 0. The van der Waals surface area contributed by atoms with Crippen LogP contribution in [0.1, 0.15) is 0 Å². The van der Waals surface area contributed by atoms with E-state index < -0.39 is 0 Å². The molecule has 0 radical (unpaired) electrons. The number of hydrogen-bond donors (Lipinski definition) is 2. The van der Waals surface area contributed by atoms with E-state index in [9.17, 15) is 0 Å². The highest BCUT2D eigenvalue weighted by Gasteiger charge is 2.05. The lowest BCUT2D eigenvalue weighted by Gasteiger charge is -1.95. The molecular formula is C4H6S5. The third-order valence-corrected chi connectivity index (χ3v) is 5.80. The van der Waals surface area contributed by atoms with Crippen molar-refractivity contribution in [3.05, 3.63) is 8.47 Å². The molecule has 0 bridgehead atoms. The van der Waals surface area contributed by atoms with Crippen LogP contribution in [0.3, 0.4) is 0 Å². The standard InChI is InChI=1S/C4H6S5/c5-3-4(6)9-2-7-1-8-3/h5-6H,1-2H2. The van der Waals surface area contributed by atoms with Crippen LogP contribution in [-0.2, 0) is 0 Å². The van der Waals surface area contributed by atoms with Gasteiger partial charge < -0.3 is 0 Å². The van der Waals surface area contributed by atoms with E-state index in [2.05, 4.69) is 25.3 Å². The Hall–Kier alpha value is 1.49. The van der Waals surface area contributed by atoms with Crippen LogP contribution in [0.5, 0.6) is 0 Å². The van der Waals surface area contributed by atoms with Gasteiger partial charge in [0.15, 0.2) is 0 Å². The predicted octanol–water partition coefficient (Wildman–Crippen LogP) is 3.10. The number of hydrogen-bond acceptors (Lipinski definition) is 5. The van der Waals surface area contributed by atoms with Gasteiger partial charge in [-0.05, 0) is 0 Å². The van der Waals surface area contributed by atoms with Gasteiger partial charge in [0.2, 0.25) is 0 Å². The van der Waals surface area contributed by atoms with Crippen LogP contribution >= 0.6 is 60.5 Å². The van der Waals surface area contributed by atoms with E-state index in [0.29, 0.717) is 0 Å². The molecule has 1 heterocycles. The van der Waals surface area contributed by atoms with E-state index in [1.165, 1.54) is 0 Å². The Morgan fingerprint density at radius 2 is 1.44 bits per heavy atom. The lowest BCUT2D eigenvalue weighted by atomic mass is 11.2. The molecule has 0 aliphatic carbocycles. The van der Waals surface area contributed by atoms with Gasteiger partial charge in [-0.1, -0.05) is 0 Å².